The second-order valence-corrected chi connectivity index (χ2v) is 6.66. The Labute approximate surface area is 160 Å². The number of amides is 1. The number of ketones is 1. The molecule has 1 saturated heterocycles. The van der Waals surface area contributed by atoms with Gasteiger partial charge in [-0.1, -0.05) is 0 Å². The molecule has 0 aliphatic carbocycles. The van der Waals surface area contributed by atoms with Crippen molar-refractivity contribution in [2.24, 2.45) is 0 Å². The Morgan fingerprint density at radius 2 is 1.68 bits per heavy atom. The Hall–Kier alpha value is -2.87. The standard InChI is InChI=1S/C20H20F3N3O2/c1-13(27)14-2-5-19(17(23)10-14)26-8-6-25(7-9-26)12-20(28)24-18-11-15(21)3-4-16(18)22/h2-5,10-11H,6-9,12H2,1H3,(H,24,28). The Kier molecular flexibility index (Phi) is 5.99. The van der Waals surface area contributed by atoms with E-state index in [1.54, 1.807) is 12.1 Å². The predicted octanol–water partition coefficient (Wildman–Crippen LogP) is 3.07. The SMILES string of the molecule is CC(=O)c1ccc(N2CCN(CC(=O)Nc3cc(F)ccc3F)CC2)c(F)c1. The third-order valence-electron chi connectivity index (χ3n) is 4.64. The van der Waals surface area contributed by atoms with E-state index < -0.39 is 23.4 Å². The molecule has 1 N–H and O–H groups in total. The number of rotatable bonds is 5. The van der Waals surface area contributed by atoms with Gasteiger partial charge in [0.1, 0.15) is 17.5 Å². The van der Waals surface area contributed by atoms with Crippen molar-refractivity contribution in [3.05, 3.63) is 59.4 Å². The molecule has 0 aromatic heterocycles. The molecule has 1 aliphatic rings. The van der Waals surface area contributed by atoms with E-state index in [0.717, 1.165) is 18.2 Å². The van der Waals surface area contributed by atoms with Crippen LogP contribution in [0.3, 0.4) is 0 Å². The zero-order valence-electron chi connectivity index (χ0n) is 15.3. The van der Waals surface area contributed by atoms with Gasteiger partial charge < -0.3 is 10.2 Å². The van der Waals surface area contributed by atoms with Crippen LogP contribution in [0.15, 0.2) is 36.4 Å². The molecule has 0 spiro atoms. The van der Waals surface area contributed by atoms with Crippen LogP contribution in [0.25, 0.3) is 0 Å². The highest BCUT2D eigenvalue weighted by atomic mass is 19.1. The summed E-state index contributed by atoms with van der Waals surface area (Å²) in [6, 6.07) is 7.26. The maximum absolute atomic E-state index is 14.3. The number of Topliss-reactive ketones (excluding diaryl/α,β-unsaturated/α-hetero) is 1. The first-order chi connectivity index (χ1) is 13.3. The zero-order valence-corrected chi connectivity index (χ0v) is 15.3. The van der Waals surface area contributed by atoms with Crippen molar-refractivity contribution in [2.75, 3.05) is 42.9 Å². The molecule has 0 radical (unpaired) electrons. The molecule has 8 heteroatoms. The number of hydrogen-bond acceptors (Lipinski definition) is 4. The van der Waals surface area contributed by atoms with E-state index in [4.69, 9.17) is 0 Å². The number of carbonyl (C=O) groups excluding carboxylic acids is 2. The number of nitrogens with zero attached hydrogens (tertiary/aromatic N) is 2. The van der Waals surface area contributed by atoms with Gasteiger partial charge in [-0.15, -0.1) is 0 Å². The minimum Gasteiger partial charge on any atom is -0.367 e. The van der Waals surface area contributed by atoms with E-state index >= 15 is 0 Å². The molecule has 28 heavy (non-hydrogen) atoms. The molecule has 1 heterocycles. The van der Waals surface area contributed by atoms with Crippen molar-refractivity contribution in [3.8, 4) is 0 Å². The topological polar surface area (TPSA) is 52.7 Å². The van der Waals surface area contributed by atoms with Crippen molar-refractivity contribution in [1.82, 2.24) is 4.90 Å². The summed E-state index contributed by atoms with van der Waals surface area (Å²) in [7, 11) is 0. The summed E-state index contributed by atoms with van der Waals surface area (Å²) < 4.78 is 41.1. The van der Waals surface area contributed by atoms with Gasteiger partial charge >= 0.3 is 0 Å². The molecular formula is C20H20F3N3O2. The van der Waals surface area contributed by atoms with E-state index in [0.29, 0.717) is 37.4 Å². The molecule has 0 unspecified atom stereocenters. The predicted molar refractivity (Wildman–Crippen MR) is 100 cm³/mol. The maximum Gasteiger partial charge on any atom is 0.238 e. The fourth-order valence-corrected chi connectivity index (χ4v) is 3.12. The molecule has 0 saturated carbocycles. The lowest BCUT2D eigenvalue weighted by Gasteiger charge is -2.35. The van der Waals surface area contributed by atoms with Gasteiger partial charge in [0.15, 0.2) is 5.78 Å². The molecule has 1 fully saturated rings. The fraction of sp³-hybridized carbons (Fsp3) is 0.300. The van der Waals surface area contributed by atoms with Crippen LogP contribution in [0, 0.1) is 17.5 Å². The first kappa shape index (κ1) is 19.9. The Balaban J connectivity index is 1.55. The monoisotopic (exact) mass is 391 g/mol. The third kappa shape index (κ3) is 4.69. The van der Waals surface area contributed by atoms with E-state index in [9.17, 15) is 22.8 Å². The second-order valence-electron chi connectivity index (χ2n) is 6.66. The van der Waals surface area contributed by atoms with Gasteiger partial charge in [-0.2, -0.15) is 0 Å². The Bertz CT molecular complexity index is 896. The first-order valence-electron chi connectivity index (χ1n) is 8.86. The van der Waals surface area contributed by atoms with E-state index in [2.05, 4.69) is 5.32 Å². The maximum atomic E-state index is 14.3. The zero-order chi connectivity index (χ0) is 20.3. The van der Waals surface area contributed by atoms with Crippen LogP contribution in [-0.4, -0.2) is 49.3 Å². The molecule has 148 valence electrons. The van der Waals surface area contributed by atoms with Crippen LogP contribution >= 0.6 is 0 Å². The summed E-state index contributed by atoms with van der Waals surface area (Å²) in [6.45, 7) is 3.42. The number of piperazine rings is 1. The van der Waals surface area contributed by atoms with E-state index in [1.165, 1.54) is 13.0 Å². The van der Waals surface area contributed by atoms with Crippen LogP contribution in [0.4, 0.5) is 24.5 Å². The third-order valence-corrected chi connectivity index (χ3v) is 4.64. The Morgan fingerprint density at radius 1 is 0.964 bits per heavy atom. The van der Waals surface area contributed by atoms with Crippen molar-refractivity contribution >= 4 is 23.1 Å². The summed E-state index contributed by atoms with van der Waals surface area (Å²) in [5.41, 5.74) is 0.535. The molecule has 0 bridgehead atoms. The van der Waals surface area contributed by atoms with Gasteiger partial charge in [-0.25, -0.2) is 13.2 Å². The molecule has 2 aromatic rings. The van der Waals surface area contributed by atoms with Gasteiger partial charge in [0.25, 0.3) is 0 Å². The van der Waals surface area contributed by atoms with Crippen molar-refractivity contribution in [1.29, 1.82) is 0 Å². The molecule has 3 rings (SSSR count). The van der Waals surface area contributed by atoms with Gasteiger partial charge in [0.05, 0.1) is 17.9 Å². The number of anilines is 2. The van der Waals surface area contributed by atoms with Crippen molar-refractivity contribution in [3.63, 3.8) is 0 Å². The van der Waals surface area contributed by atoms with Crippen LogP contribution in [0.1, 0.15) is 17.3 Å². The van der Waals surface area contributed by atoms with Gasteiger partial charge in [0, 0.05) is 37.8 Å². The summed E-state index contributed by atoms with van der Waals surface area (Å²) in [5.74, 6) is -2.45. The molecule has 0 atom stereocenters. The minimum atomic E-state index is -0.705. The molecule has 1 amide bonds. The number of hydrogen-bond donors (Lipinski definition) is 1. The molecule has 2 aromatic carbocycles. The number of benzene rings is 2. The second kappa shape index (κ2) is 8.43. The summed E-state index contributed by atoms with van der Waals surface area (Å²) >= 11 is 0. The highest BCUT2D eigenvalue weighted by Gasteiger charge is 2.22. The molecular weight excluding hydrogens is 371 g/mol. The summed E-state index contributed by atoms with van der Waals surface area (Å²) in [5, 5.41) is 2.37. The minimum absolute atomic E-state index is 0.0234. The number of halogens is 3. The van der Waals surface area contributed by atoms with Gasteiger partial charge in [0.2, 0.25) is 5.91 Å². The summed E-state index contributed by atoms with van der Waals surface area (Å²) in [6.07, 6.45) is 0. The molecule has 5 nitrogen and oxygen atoms in total. The highest BCUT2D eigenvalue weighted by molar-refractivity contribution is 5.94. The lowest BCUT2D eigenvalue weighted by atomic mass is 10.1. The normalized spacial score (nSPS) is 14.8. The summed E-state index contributed by atoms with van der Waals surface area (Å²) in [4.78, 5) is 27.1. The van der Waals surface area contributed by atoms with Crippen molar-refractivity contribution in [2.45, 2.75) is 6.92 Å². The van der Waals surface area contributed by atoms with E-state index in [1.807, 2.05) is 9.80 Å². The molecule has 1 aliphatic heterocycles. The van der Waals surface area contributed by atoms with E-state index in [-0.39, 0.29) is 18.0 Å². The van der Waals surface area contributed by atoms with Crippen molar-refractivity contribution < 1.29 is 22.8 Å². The van der Waals surface area contributed by atoms with Crippen LogP contribution < -0.4 is 10.2 Å². The Morgan fingerprint density at radius 3 is 2.32 bits per heavy atom. The lowest BCUT2D eigenvalue weighted by molar-refractivity contribution is -0.117. The highest BCUT2D eigenvalue weighted by Crippen LogP contribution is 2.22. The largest absolute Gasteiger partial charge is 0.367 e. The van der Waals surface area contributed by atoms with Gasteiger partial charge in [-0.3, -0.25) is 14.5 Å². The van der Waals surface area contributed by atoms with Crippen LogP contribution in [-0.2, 0) is 4.79 Å². The first-order valence-corrected chi connectivity index (χ1v) is 8.86. The average Bonchev–Trinajstić information content (AvgIpc) is 2.65. The fourth-order valence-electron chi connectivity index (χ4n) is 3.12. The average molecular weight is 391 g/mol. The smallest absolute Gasteiger partial charge is 0.238 e. The number of carbonyl (C=O) groups is 2. The van der Waals surface area contributed by atoms with Crippen LogP contribution in [0.2, 0.25) is 0 Å². The lowest BCUT2D eigenvalue weighted by Crippen LogP contribution is -2.49. The van der Waals surface area contributed by atoms with Crippen LogP contribution in [0.5, 0.6) is 0 Å². The van der Waals surface area contributed by atoms with Gasteiger partial charge in [-0.05, 0) is 37.3 Å². The number of nitrogens with one attached hydrogen (secondary N) is 1. The quantitative estimate of drug-likeness (QED) is 0.796.